The van der Waals surface area contributed by atoms with Gasteiger partial charge in [-0.25, -0.2) is 0 Å². The van der Waals surface area contributed by atoms with Crippen molar-refractivity contribution in [3.05, 3.63) is 12.7 Å². The number of aliphatic hydroxyl groups excluding tert-OH is 1. The molecule has 0 radical (unpaired) electrons. The van der Waals surface area contributed by atoms with Gasteiger partial charge in [0.25, 0.3) is 0 Å². The Kier molecular flexibility index (Phi) is 4.58. The van der Waals surface area contributed by atoms with E-state index >= 15 is 0 Å². The van der Waals surface area contributed by atoms with Crippen LogP contribution in [0.2, 0.25) is 0 Å². The maximum Gasteiger partial charge on any atom is 0.0810 e. The molecule has 1 aliphatic heterocycles. The highest BCUT2D eigenvalue weighted by Crippen LogP contribution is 2.28. The molecular weight excluding hydrogens is 180 g/mol. The van der Waals surface area contributed by atoms with Crippen LogP contribution >= 0.6 is 0 Å². The summed E-state index contributed by atoms with van der Waals surface area (Å²) in [5.74, 6) is 0.128. The van der Waals surface area contributed by atoms with Gasteiger partial charge < -0.3 is 14.6 Å². The van der Waals surface area contributed by atoms with Gasteiger partial charge in [0.2, 0.25) is 0 Å². The average molecular weight is 200 g/mol. The van der Waals surface area contributed by atoms with Crippen molar-refractivity contribution < 1.29 is 14.6 Å². The number of methoxy groups -OCH3 is 1. The SMILES string of the molecule is C=C[C@@H]1O[C@H](C)C[C@H](O)[C@H]1CCOC. The third-order valence-corrected chi connectivity index (χ3v) is 2.77. The molecule has 0 bridgehead atoms. The Morgan fingerprint density at radius 1 is 1.64 bits per heavy atom. The molecule has 1 saturated heterocycles. The first kappa shape index (κ1) is 11.7. The van der Waals surface area contributed by atoms with E-state index in [0.29, 0.717) is 13.0 Å². The Morgan fingerprint density at radius 2 is 2.36 bits per heavy atom. The van der Waals surface area contributed by atoms with Crippen LogP contribution < -0.4 is 0 Å². The summed E-state index contributed by atoms with van der Waals surface area (Å²) < 4.78 is 10.7. The predicted octanol–water partition coefficient (Wildman–Crippen LogP) is 1.36. The first-order valence-electron chi connectivity index (χ1n) is 5.14. The molecule has 0 aromatic rings. The fourth-order valence-electron chi connectivity index (χ4n) is 2.00. The van der Waals surface area contributed by atoms with Crippen molar-refractivity contribution in [3.63, 3.8) is 0 Å². The molecule has 0 aromatic heterocycles. The predicted molar refractivity (Wildman–Crippen MR) is 55.1 cm³/mol. The summed E-state index contributed by atoms with van der Waals surface area (Å²) in [6.45, 7) is 6.37. The fourth-order valence-corrected chi connectivity index (χ4v) is 2.00. The van der Waals surface area contributed by atoms with Crippen molar-refractivity contribution in [1.82, 2.24) is 0 Å². The van der Waals surface area contributed by atoms with Gasteiger partial charge in [0, 0.05) is 19.6 Å². The molecular formula is C11H20O3. The molecule has 1 aliphatic rings. The first-order valence-corrected chi connectivity index (χ1v) is 5.14. The Bertz CT molecular complexity index is 181. The summed E-state index contributed by atoms with van der Waals surface area (Å²) in [7, 11) is 1.67. The molecule has 4 atom stereocenters. The standard InChI is InChI=1S/C11H20O3/c1-4-11-9(5-6-13-3)10(12)7-8(2)14-11/h4,8-12H,1,5-7H2,2-3H3/t8-,9-,10+,11+/m1/s1. The lowest BCUT2D eigenvalue weighted by atomic mass is 9.86. The minimum atomic E-state index is -0.295. The van der Waals surface area contributed by atoms with Gasteiger partial charge in [-0.2, -0.15) is 0 Å². The smallest absolute Gasteiger partial charge is 0.0810 e. The second-order valence-electron chi connectivity index (χ2n) is 3.90. The zero-order valence-electron chi connectivity index (χ0n) is 8.98. The largest absolute Gasteiger partial charge is 0.393 e. The van der Waals surface area contributed by atoms with E-state index < -0.39 is 0 Å². The van der Waals surface area contributed by atoms with Gasteiger partial charge in [-0.05, 0) is 19.8 Å². The molecule has 1 rings (SSSR count). The van der Waals surface area contributed by atoms with Crippen LogP contribution in [0, 0.1) is 5.92 Å². The van der Waals surface area contributed by atoms with Gasteiger partial charge in [-0.15, -0.1) is 6.58 Å². The second-order valence-corrected chi connectivity index (χ2v) is 3.90. The van der Waals surface area contributed by atoms with E-state index in [-0.39, 0.29) is 24.2 Å². The highest BCUT2D eigenvalue weighted by atomic mass is 16.5. The number of rotatable bonds is 4. The van der Waals surface area contributed by atoms with Crippen LogP contribution in [0.5, 0.6) is 0 Å². The van der Waals surface area contributed by atoms with Crippen LogP contribution in [-0.2, 0) is 9.47 Å². The van der Waals surface area contributed by atoms with Gasteiger partial charge in [0.15, 0.2) is 0 Å². The van der Waals surface area contributed by atoms with Crippen LogP contribution in [0.1, 0.15) is 19.8 Å². The van der Waals surface area contributed by atoms with Crippen molar-refractivity contribution in [2.24, 2.45) is 5.92 Å². The molecule has 1 fully saturated rings. The number of aliphatic hydroxyl groups is 1. The Hall–Kier alpha value is -0.380. The Labute approximate surface area is 85.7 Å². The summed E-state index contributed by atoms with van der Waals surface area (Å²) in [5, 5.41) is 9.88. The molecule has 0 amide bonds. The number of hydrogen-bond acceptors (Lipinski definition) is 3. The number of hydrogen-bond donors (Lipinski definition) is 1. The van der Waals surface area contributed by atoms with Gasteiger partial charge >= 0.3 is 0 Å². The molecule has 14 heavy (non-hydrogen) atoms. The molecule has 1 N–H and O–H groups in total. The van der Waals surface area contributed by atoms with Gasteiger partial charge in [-0.3, -0.25) is 0 Å². The van der Waals surface area contributed by atoms with Crippen LogP contribution in [0.15, 0.2) is 12.7 Å². The third kappa shape index (κ3) is 2.80. The van der Waals surface area contributed by atoms with E-state index in [0.717, 1.165) is 6.42 Å². The molecule has 3 heteroatoms. The molecule has 0 saturated carbocycles. The molecule has 1 heterocycles. The molecule has 0 unspecified atom stereocenters. The van der Waals surface area contributed by atoms with Crippen LogP contribution in [0.25, 0.3) is 0 Å². The topological polar surface area (TPSA) is 38.7 Å². The van der Waals surface area contributed by atoms with Crippen molar-refractivity contribution in [1.29, 1.82) is 0 Å². The quantitative estimate of drug-likeness (QED) is 0.696. The van der Waals surface area contributed by atoms with Crippen LogP contribution in [0.3, 0.4) is 0 Å². The summed E-state index contributed by atoms with van der Waals surface area (Å²) >= 11 is 0. The third-order valence-electron chi connectivity index (χ3n) is 2.77. The molecule has 0 aromatic carbocycles. The van der Waals surface area contributed by atoms with Gasteiger partial charge in [0.05, 0.1) is 18.3 Å². The maximum absolute atomic E-state index is 9.88. The zero-order chi connectivity index (χ0) is 10.6. The molecule has 82 valence electrons. The molecule has 0 spiro atoms. The van der Waals surface area contributed by atoms with E-state index in [2.05, 4.69) is 6.58 Å². The lowest BCUT2D eigenvalue weighted by Gasteiger charge is -2.37. The minimum absolute atomic E-state index is 0.0381. The van der Waals surface area contributed by atoms with E-state index in [1.54, 1.807) is 13.2 Å². The molecule has 0 aliphatic carbocycles. The van der Waals surface area contributed by atoms with Crippen molar-refractivity contribution in [2.45, 2.75) is 38.1 Å². The lowest BCUT2D eigenvalue weighted by molar-refractivity contribution is -0.115. The monoisotopic (exact) mass is 200 g/mol. The van der Waals surface area contributed by atoms with Gasteiger partial charge in [-0.1, -0.05) is 6.08 Å². The highest BCUT2D eigenvalue weighted by molar-refractivity contribution is 4.93. The summed E-state index contributed by atoms with van der Waals surface area (Å²) in [6, 6.07) is 0. The second kappa shape index (κ2) is 5.49. The fraction of sp³-hybridized carbons (Fsp3) is 0.818. The van der Waals surface area contributed by atoms with Crippen LogP contribution in [-0.4, -0.2) is 37.1 Å². The normalized spacial score (nSPS) is 38.2. The lowest BCUT2D eigenvalue weighted by Crippen LogP contribution is -2.42. The van der Waals surface area contributed by atoms with Crippen LogP contribution in [0.4, 0.5) is 0 Å². The molecule has 3 nitrogen and oxygen atoms in total. The number of ether oxygens (including phenoxy) is 2. The van der Waals surface area contributed by atoms with Gasteiger partial charge in [0.1, 0.15) is 0 Å². The Balaban J connectivity index is 2.54. The maximum atomic E-state index is 9.88. The minimum Gasteiger partial charge on any atom is -0.393 e. The summed E-state index contributed by atoms with van der Waals surface area (Å²) in [6.07, 6.45) is 3.09. The van der Waals surface area contributed by atoms with E-state index in [1.165, 1.54) is 0 Å². The summed E-state index contributed by atoms with van der Waals surface area (Å²) in [5.41, 5.74) is 0. The van der Waals surface area contributed by atoms with Crippen molar-refractivity contribution >= 4 is 0 Å². The summed E-state index contributed by atoms with van der Waals surface area (Å²) in [4.78, 5) is 0. The van der Waals surface area contributed by atoms with E-state index in [4.69, 9.17) is 9.47 Å². The van der Waals surface area contributed by atoms with E-state index in [9.17, 15) is 5.11 Å². The highest BCUT2D eigenvalue weighted by Gasteiger charge is 2.33. The average Bonchev–Trinajstić information content (AvgIpc) is 2.15. The first-order chi connectivity index (χ1) is 6.69. The van der Waals surface area contributed by atoms with E-state index in [1.807, 2.05) is 6.92 Å². The zero-order valence-corrected chi connectivity index (χ0v) is 8.98. The van der Waals surface area contributed by atoms with Crippen molar-refractivity contribution in [2.75, 3.05) is 13.7 Å². The Morgan fingerprint density at radius 3 is 2.93 bits per heavy atom. The van der Waals surface area contributed by atoms with Crippen molar-refractivity contribution in [3.8, 4) is 0 Å².